The summed E-state index contributed by atoms with van der Waals surface area (Å²) in [5.41, 5.74) is 11.0. The van der Waals surface area contributed by atoms with Gasteiger partial charge in [-0.2, -0.15) is 0 Å². The average Bonchev–Trinajstić information content (AvgIpc) is 2.10. The summed E-state index contributed by atoms with van der Waals surface area (Å²) in [4.78, 5) is 0. The Labute approximate surface area is 76.7 Å². The van der Waals surface area contributed by atoms with E-state index in [0.717, 1.165) is 25.4 Å². The van der Waals surface area contributed by atoms with E-state index in [4.69, 9.17) is 11.5 Å². The van der Waals surface area contributed by atoms with Crippen molar-refractivity contribution in [3.8, 4) is 0 Å². The molecule has 74 valence electrons. The molecule has 1 atom stereocenters. The Bertz CT molecular complexity index is 75.9. The second-order valence-electron chi connectivity index (χ2n) is 3.52. The molecule has 2 nitrogen and oxygen atoms in total. The molecule has 0 radical (unpaired) electrons. The fraction of sp³-hybridized carbons (Fsp3) is 1.00. The molecule has 0 aliphatic carbocycles. The van der Waals surface area contributed by atoms with Gasteiger partial charge in [-0.15, -0.1) is 0 Å². The molecule has 4 N–H and O–H groups in total. The number of nitrogens with two attached hydrogens (primary N) is 2. The first kappa shape index (κ1) is 11.9. The molecule has 0 aromatic carbocycles. The van der Waals surface area contributed by atoms with Gasteiger partial charge in [-0.1, -0.05) is 26.2 Å². The number of unbranched alkanes of at least 4 members (excludes halogenated alkanes) is 1. The minimum Gasteiger partial charge on any atom is -0.330 e. The van der Waals surface area contributed by atoms with Gasteiger partial charge in [-0.3, -0.25) is 0 Å². The molecule has 0 saturated carbocycles. The standard InChI is InChI=1S/C10H24N2/c1-2-3-5-10(7-9-12)6-4-8-11/h10H,2-9,11-12H2,1H3. The van der Waals surface area contributed by atoms with Crippen LogP contribution in [-0.2, 0) is 0 Å². The van der Waals surface area contributed by atoms with Gasteiger partial charge in [-0.05, 0) is 38.3 Å². The second-order valence-corrected chi connectivity index (χ2v) is 3.52. The highest BCUT2D eigenvalue weighted by molar-refractivity contribution is 4.60. The fourth-order valence-electron chi connectivity index (χ4n) is 1.57. The third-order valence-corrected chi connectivity index (χ3v) is 2.36. The summed E-state index contributed by atoms with van der Waals surface area (Å²) in [5, 5.41) is 0. The molecule has 0 spiro atoms. The van der Waals surface area contributed by atoms with E-state index in [1.807, 2.05) is 0 Å². The Morgan fingerprint density at radius 3 is 2.08 bits per heavy atom. The zero-order valence-corrected chi connectivity index (χ0v) is 8.39. The lowest BCUT2D eigenvalue weighted by Crippen LogP contribution is -2.11. The summed E-state index contributed by atoms with van der Waals surface area (Å²) in [5.74, 6) is 0.832. The van der Waals surface area contributed by atoms with Crippen LogP contribution in [0.5, 0.6) is 0 Å². The van der Waals surface area contributed by atoms with Gasteiger partial charge >= 0.3 is 0 Å². The van der Waals surface area contributed by atoms with Crippen LogP contribution >= 0.6 is 0 Å². The molecular formula is C10H24N2. The van der Waals surface area contributed by atoms with Gasteiger partial charge in [0.2, 0.25) is 0 Å². The Hall–Kier alpha value is -0.0800. The fourth-order valence-corrected chi connectivity index (χ4v) is 1.57. The van der Waals surface area contributed by atoms with Crippen molar-refractivity contribution < 1.29 is 0 Å². The maximum absolute atomic E-state index is 5.54. The average molecular weight is 172 g/mol. The van der Waals surface area contributed by atoms with Gasteiger partial charge in [0.05, 0.1) is 0 Å². The minimum atomic E-state index is 0.827. The van der Waals surface area contributed by atoms with Crippen LogP contribution in [0, 0.1) is 5.92 Å². The first-order valence-electron chi connectivity index (χ1n) is 5.25. The summed E-state index contributed by atoms with van der Waals surface area (Å²) in [6, 6.07) is 0. The highest BCUT2D eigenvalue weighted by Crippen LogP contribution is 2.17. The van der Waals surface area contributed by atoms with E-state index < -0.39 is 0 Å². The number of hydrogen-bond donors (Lipinski definition) is 2. The van der Waals surface area contributed by atoms with Gasteiger partial charge in [0.1, 0.15) is 0 Å². The van der Waals surface area contributed by atoms with Crippen molar-refractivity contribution in [2.24, 2.45) is 17.4 Å². The van der Waals surface area contributed by atoms with Crippen molar-refractivity contribution in [3.05, 3.63) is 0 Å². The molecule has 0 aliphatic rings. The summed E-state index contributed by atoms with van der Waals surface area (Å²) in [6.07, 6.45) is 7.59. The lowest BCUT2D eigenvalue weighted by molar-refractivity contribution is 0.403. The molecule has 2 heteroatoms. The highest BCUT2D eigenvalue weighted by Gasteiger charge is 2.05. The molecule has 0 fully saturated rings. The zero-order valence-electron chi connectivity index (χ0n) is 8.39. The summed E-state index contributed by atoms with van der Waals surface area (Å²) < 4.78 is 0. The van der Waals surface area contributed by atoms with Gasteiger partial charge in [0, 0.05) is 0 Å². The van der Waals surface area contributed by atoms with Crippen molar-refractivity contribution in [2.75, 3.05) is 13.1 Å². The quantitative estimate of drug-likeness (QED) is 0.587. The molecule has 12 heavy (non-hydrogen) atoms. The number of hydrogen-bond acceptors (Lipinski definition) is 2. The Balaban J connectivity index is 3.40. The van der Waals surface area contributed by atoms with Crippen LogP contribution in [0.1, 0.15) is 45.4 Å². The summed E-state index contributed by atoms with van der Waals surface area (Å²) in [6.45, 7) is 3.90. The van der Waals surface area contributed by atoms with Gasteiger partial charge in [0.15, 0.2) is 0 Å². The third kappa shape index (κ3) is 6.62. The van der Waals surface area contributed by atoms with Crippen LogP contribution < -0.4 is 11.5 Å². The van der Waals surface area contributed by atoms with E-state index in [0.29, 0.717) is 0 Å². The van der Waals surface area contributed by atoms with Gasteiger partial charge < -0.3 is 11.5 Å². The van der Waals surface area contributed by atoms with Crippen molar-refractivity contribution in [3.63, 3.8) is 0 Å². The largest absolute Gasteiger partial charge is 0.330 e. The van der Waals surface area contributed by atoms with Crippen LogP contribution in [0.4, 0.5) is 0 Å². The predicted molar refractivity (Wildman–Crippen MR) is 55.0 cm³/mol. The highest BCUT2D eigenvalue weighted by atomic mass is 14.5. The minimum absolute atomic E-state index is 0.827. The molecule has 1 unspecified atom stereocenters. The smallest absolute Gasteiger partial charge is 0.00746 e. The molecule has 0 rings (SSSR count). The first-order chi connectivity index (χ1) is 5.85. The Morgan fingerprint density at radius 1 is 0.917 bits per heavy atom. The number of rotatable bonds is 8. The molecule has 0 saturated heterocycles. The van der Waals surface area contributed by atoms with Crippen molar-refractivity contribution in [1.29, 1.82) is 0 Å². The zero-order chi connectivity index (χ0) is 9.23. The SMILES string of the molecule is CCCCC(CCN)CCCN. The second kappa shape index (κ2) is 9.01. The summed E-state index contributed by atoms with van der Waals surface area (Å²) in [7, 11) is 0. The third-order valence-electron chi connectivity index (χ3n) is 2.36. The van der Waals surface area contributed by atoms with E-state index in [1.54, 1.807) is 0 Å². The lowest BCUT2D eigenvalue weighted by Gasteiger charge is -2.14. The monoisotopic (exact) mass is 172 g/mol. The van der Waals surface area contributed by atoms with Crippen LogP contribution in [0.15, 0.2) is 0 Å². The van der Waals surface area contributed by atoms with Crippen LogP contribution in [-0.4, -0.2) is 13.1 Å². The maximum atomic E-state index is 5.54. The maximum Gasteiger partial charge on any atom is -0.00746 e. The molecule has 0 amide bonds. The van der Waals surface area contributed by atoms with E-state index in [2.05, 4.69) is 6.92 Å². The first-order valence-corrected chi connectivity index (χ1v) is 5.25. The lowest BCUT2D eigenvalue weighted by atomic mass is 9.94. The van der Waals surface area contributed by atoms with Crippen molar-refractivity contribution in [1.82, 2.24) is 0 Å². The Morgan fingerprint density at radius 2 is 1.58 bits per heavy atom. The molecule has 0 aromatic heterocycles. The normalized spacial score (nSPS) is 13.2. The van der Waals surface area contributed by atoms with Crippen LogP contribution in [0.25, 0.3) is 0 Å². The van der Waals surface area contributed by atoms with E-state index in [1.165, 1.54) is 32.1 Å². The van der Waals surface area contributed by atoms with Crippen LogP contribution in [0.2, 0.25) is 0 Å². The van der Waals surface area contributed by atoms with E-state index in [-0.39, 0.29) is 0 Å². The molecular weight excluding hydrogens is 148 g/mol. The van der Waals surface area contributed by atoms with Gasteiger partial charge in [0.25, 0.3) is 0 Å². The molecule has 0 bridgehead atoms. The van der Waals surface area contributed by atoms with E-state index in [9.17, 15) is 0 Å². The molecule has 0 aliphatic heterocycles. The van der Waals surface area contributed by atoms with E-state index >= 15 is 0 Å². The van der Waals surface area contributed by atoms with Crippen molar-refractivity contribution >= 4 is 0 Å². The Kier molecular flexibility index (Phi) is 8.95. The predicted octanol–water partition coefficient (Wildman–Crippen LogP) is 1.88. The molecule has 0 heterocycles. The molecule has 0 aromatic rings. The summed E-state index contributed by atoms with van der Waals surface area (Å²) >= 11 is 0. The van der Waals surface area contributed by atoms with Crippen LogP contribution in [0.3, 0.4) is 0 Å². The topological polar surface area (TPSA) is 52.0 Å². The van der Waals surface area contributed by atoms with Crippen molar-refractivity contribution in [2.45, 2.75) is 45.4 Å². The van der Waals surface area contributed by atoms with Gasteiger partial charge in [-0.25, -0.2) is 0 Å².